The van der Waals surface area contributed by atoms with Crippen molar-refractivity contribution in [1.82, 2.24) is 19.9 Å². The van der Waals surface area contributed by atoms with Crippen LogP contribution in [0.3, 0.4) is 0 Å². The Hall–Kier alpha value is -3.36. The second kappa shape index (κ2) is 10.1. The minimum atomic E-state index is -4.43. The number of carbonyl (C=O) groups excluding carboxylic acids is 1. The predicted molar refractivity (Wildman–Crippen MR) is 123 cm³/mol. The summed E-state index contributed by atoms with van der Waals surface area (Å²) in [5, 5.41) is 0. The van der Waals surface area contributed by atoms with Gasteiger partial charge in [0.15, 0.2) is 5.82 Å². The van der Waals surface area contributed by atoms with E-state index in [0.717, 1.165) is 25.1 Å². The van der Waals surface area contributed by atoms with Crippen molar-refractivity contribution in [2.45, 2.75) is 51.7 Å². The maximum Gasteiger partial charge on any atom is 0.417 e. The number of alkyl halides is 3. The third-order valence-electron chi connectivity index (χ3n) is 6.58. The fourth-order valence-electron chi connectivity index (χ4n) is 4.64. The van der Waals surface area contributed by atoms with Crippen LogP contribution in [0.15, 0.2) is 48.9 Å². The number of halogens is 4. The number of likely N-dealkylation sites (tertiary alicyclic amines) is 1. The third-order valence-corrected chi connectivity index (χ3v) is 6.58. The molecular formula is C26H26F4N4O. The summed E-state index contributed by atoms with van der Waals surface area (Å²) in [7, 11) is 0. The summed E-state index contributed by atoms with van der Waals surface area (Å²) in [4.78, 5) is 27.8. The zero-order valence-electron chi connectivity index (χ0n) is 19.5. The topological polar surface area (TPSA) is 59.0 Å². The minimum Gasteiger partial charge on any atom is -0.335 e. The van der Waals surface area contributed by atoms with Crippen LogP contribution in [-0.4, -0.2) is 38.3 Å². The molecule has 0 saturated carbocycles. The van der Waals surface area contributed by atoms with Gasteiger partial charge in [0.2, 0.25) is 0 Å². The van der Waals surface area contributed by atoms with Gasteiger partial charge in [-0.05, 0) is 68.4 Å². The second-order valence-corrected chi connectivity index (χ2v) is 8.95. The van der Waals surface area contributed by atoms with Crippen molar-refractivity contribution >= 4 is 5.91 Å². The normalized spacial score (nSPS) is 18.5. The van der Waals surface area contributed by atoms with Gasteiger partial charge in [0.05, 0.1) is 16.7 Å². The Morgan fingerprint density at radius 1 is 1.11 bits per heavy atom. The summed E-state index contributed by atoms with van der Waals surface area (Å²) in [5.74, 6) is -0.512. The number of aryl methyl sites for hydroxylation is 2. The lowest BCUT2D eigenvalue weighted by Crippen LogP contribution is -2.48. The smallest absolute Gasteiger partial charge is 0.335 e. The van der Waals surface area contributed by atoms with Gasteiger partial charge in [0.1, 0.15) is 5.82 Å². The molecule has 9 heteroatoms. The van der Waals surface area contributed by atoms with Crippen molar-refractivity contribution in [3.63, 3.8) is 0 Å². The highest BCUT2D eigenvalue weighted by atomic mass is 19.4. The van der Waals surface area contributed by atoms with E-state index >= 15 is 4.39 Å². The zero-order chi connectivity index (χ0) is 25.2. The Labute approximate surface area is 201 Å². The standard InChI is InChI=1S/C26H26F4N4O/c1-16-5-3-14-34(21(16)11-9-19-8-7-18(15-33-19)26(28,29)30)25(35)20-10-6-17(2)23(27)22(20)24-31-12-4-13-32-24/h4,6-8,10,12-13,15-16,21H,3,5,9,11,14H2,1-2H3/t16-,21-/m1/s1. The Kier molecular flexibility index (Phi) is 7.14. The zero-order valence-corrected chi connectivity index (χ0v) is 19.5. The molecule has 0 N–H and O–H groups in total. The van der Waals surface area contributed by atoms with Crippen molar-refractivity contribution in [3.8, 4) is 11.4 Å². The van der Waals surface area contributed by atoms with E-state index in [1.165, 1.54) is 18.5 Å². The van der Waals surface area contributed by atoms with E-state index in [1.54, 1.807) is 30.0 Å². The molecule has 0 unspecified atom stereocenters. The summed E-state index contributed by atoms with van der Waals surface area (Å²) in [6.07, 6.45) is 2.10. The average Bonchev–Trinajstić information content (AvgIpc) is 2.84. The summed E-state index contributed by atoms with van der Waals surface area (Å²) in [6.45, 7) is 4.19. The highest BCUT2D eigenvalue weighted by Gasteiger charge is 2.34. The average molecular weight is 487 g/mol. The summed E-state index contributed by atoms with van der Waals surface area (Å²) in [6, 6.07) is 7.05. The number of piperidine rings is 1. The van der Waals surface area contributed by atoms with Crippen molar-refractivity contribution in [2.24, 2.45) is 5.92 Å². The second-order valence-electron chi connectivity index (χ2n) is 8.95. The lowest BCUT2D eigenvalue weighted by molar-refractivity contribution is -0.137. The van der Waals surface area contributed by atoms with Crippen LogP contribution in [-0.2, 0) is 12.6 Å². The summed E-state index contributed by atoms with van der Waals surface area (Å²) >= 11 is 0. The third kappa shape index (κ3) is 5.33. The monoisotopic (exact) mass is 486 g/mol. The van der Waals surface area contributed by atoms with Crippen molar-refractivity contribution in [3.05, 3.63) is 77.1 Å². The number of aromatic nitrogens is 3. The van der Waals surface area contributed by atoms with E-state index in [4.69, 9.17) is 0 Å². The number of amides is 1. The molecule has 3 heterocycles. The number of rotatable bonds is 5. The van der Waals surface area contributed by atoms with Gasteiger partial charge in [-0.2, -0.15) is 13.2 Å². The molecule has 4 rings (SSSR count). The number of hydrogen-bond donors (Lipinski definition) is 0. The number of benzene rings is 1. The molecule has 1 saturated heterocycles. The molecule has 5 nitrogen and oxygen atoms in total. The van der Waals surface area contributed by atoms with E-state index < -0.39 is 17.6 Å². The molecule has 1 fully saturated rings. The van der Waals surface area contributed by atoms with Gasteiger partial charge < -0.3 is 4.90 Å². The molecule has 0 spiro atoms. The van der Waals surface area contributed by atoms with Gasteiger partial charge >= 0.3 is 6.18 Å². The number of pyridine rings is 1. The molecule has 35 heavy (non-hydrogen) atoms. The molecule has 0 bridgehead atoms. The van der Waals surface area contributed by atoms with Gasteiger partial charge in [-0.1, -0.05) is 13.0 Å². The highest BCUT2D eigenvalue weighted by molar-refractivity contribution is 6.00. The van der Waals surface area contributed by atoms with Crippen molar-refractivity contribution in [1.29, 1.82) is 0 Å². The van der Waals surface area contributed by atoms with Crippen LogP contribution in [0, 0.1) is 18.7 Å². The van der Waals surface area contributed by atoms with E-state index in [-0.39, 0.29) is 34.8 Å². The van der Waals surface area contributed by atoms with Gasteiger partial charge in [0, 0.05) is 36.9 Å². The van der Waals surface area contributed by atoms with Gasteiger partial charge in [0.25, 0.3) is 5.91 Å². The first kappa shape index (κ1) is 24.8. The Bertz CT molecular complexity index is 1180. The Morgan fingerprint density at radius 3 is 2.51 bits per heavy atom. The first-order chi connectivity index (χ1) is 16.7. The quantitative estimate of drug-likeness (QED) is 0.423. The van der Waals surface area contributed by atoms with Crippen molar-refractivity contribution < 1.29 is 22.4 Å². The molecule has 1 aromatic carbocycles. The number of nitrogens with zero attached hydrogens (tertiary/aromatic N) is 4. The number of carbonyl (C=O) groups is 1. The molecule has 1 aliphatic rings. The van der Waals surface area contributed by atoms with Gasteiger partial charge in [-0.3, -0.25) is 9.78 Å². The van der Waals surface area contributed by atoms with E-state index in [1.807, 2.05) is 0 Å². The maximum absolute atomic E-state index is 15.2. The molecule has 2 aromatic heterocycles. The van der Waals surface area contributed by atoms with Crippen LogP contribution in [0.4, 0.5) is 17.6 Å². The molecule has 0 aliphatic carbocycles. The number of hydrogen-bond acceptors (Lipinski definition) is 4. The molecule has 1 aliphatic heterocycles. The minimum absolute atomic E-state index is 0.0805. The molecule has 0 radical (unpaired) electrons. The van der Waals surface area contributed by atoms with Crippen LogP contribution < -0.4 is 0 Å². The molecule has 3 aromatic rings. The summed E-state index contributed by atoms with van der Waals surface area (Å²) in [5.41, 5.74) is 0.410. The predicted octanol–water partition coefficient (Wildman–Crippen LogP) is 5.88. The first-order valence-electron chi connectivity index (χ1n) is 11.6. The van der Waals surface area contributed by atoms with Crippen LogP contribution in [0.5, 0.6) is 0 Å². The van der Waals surface area contributed by atoms with Crippen LogP contribution in [0.1, 0.15) is 53.4 Å². The molecule has 184 valence electrons. The lowest BCUT2D eigenvalue weighted by atomic mass is 9.86. The Balaban J connectivity index is 1.60. The summed E-state index contributed by atoms with van der Waals surface area (Å²) < 4.78 is 53.7. The lowest BCUT2D eigenvalue weighted by Gasteiger charge is -2.40. The van der Waals surface area contributed by atoms with E-state index in [0.29, 0.717) is 30.6 Å². The van der Waals surface area contributed by atoms with Gasteiger partial charge in [-0.15, -0.1) is 0 Å². The molecular weight excluding hydrogens is 460 g/mol. The molecule has 1 amide bonds. The largest absolute Gasteiger partial charge is 0.417 e. The van der Waals surface area contributed by atoms with Gasteiger partial charge in [-0.25, -0.2) is 14.4 Å². The van der Waals surface area contributed by atoms with E-state index in [9.17, 15) is 18.0 Å². The first-order valence-corrected chi connectivity index (χ1v) is 11.6. The Morgan fingerprint density at radius 2 is 1.86 bits per heavy atom. The fraction of sp³-hybridized carbons (Fsp3) is 0.385. The fourth-order valence-corrected chi connectivity index (χ4v) is 4.64. The van der Waals surface area contributed by atoms with E-state index in [2.05, 4.69) is 21.9 Å². The molecule has 2 atom stereocenters. The van der Waals surface area contributed by atoms with Crippen LogP contribution >= 0.6 is 0 Å². The SMILES string of the molecule is Cc1ccc(C(=O)N2CCC[C@@H](C)[C@H]2CCc2ccc(C(F)(F)F)cn2)c(-c2ncccn2)c1F. The highest BCUT2D eigenvalue weighted by Crippen LogP contribution is 2.33. The van der Waals surface area contributed by atoms with Crippen LogP contribution in [0.25, 0.3) is 11.4 Å². The van der Waals surface area contributed by atoms with Crippen LogP contribution in [0.2, 0.25) is 0 Å². The maximum atomic E-state index is 15.2. The van der Waals surface area contributed by atoms with Crippen molar-refractivity contribution in [2.75, 3.05) is 6.54 Å².